The van der Waals surface area contributed by atoms with Crippen LogP contribution in [0.25, 0.3) is 0 Å². The Morgan fingerprint density at radius 2 is 1.70 bits per heavy atom. The van der Waals surface area contributed by atoms with E-state index in [4.69, 9.17) is 5.11 Å². The van der Waals surface area contributed by atoms with Crippen molar-refractivity contribution in [3.05, 3.63) is 12.2 Å². The van der Waals surface area contributed by atoms with E-state index in [9.17, 15) is 14.4 Å². The van der Waals surface area contributed by atoms with E-state index in [1.807, 2.05) is 0 Å². The van der Waals surface area contributed by atoms with Gasteiger partial charge < -0.3 is 15.7 Å². The van der Waals surface area contributed by atoms with Crippen LogP contribution in [0.2, 0.25) is 0 Å². The zero-order valence-electron chi connectivity index (χ0n) is 18.2. The van der Waals surface area contributed by atoms with Crippen LogP contribution in [0.4, 0.5) is 0 Å². The van der Waals surface area contributed by atoms with E-state index in [0.717, 1.165) is 38.5 Å². The Hall–Kier alpha value is -1.50. The van der Waals surface area contributed by atoms with Gasteiger partial charge in [-0.15, -0.1) is 0 Å². The lowest BCUT2D eigenvalue weighted by Crippen LogP contribution is -2.42. The third-order valence-electron chi connectivity index (χ3n) is 6.17. The molecule has 3 N–H and O–H groups in total. The Morgan fingerprint density at radius 3 is 2.43 bits per heavy atom. The first kappa shape index (κ1) is 24.8. The molecule has 2 amide bonds. The molecular formula is C23H38N2O4S. The highest BCUT2D eigenvalue weighted by Gasteiger charge is 2.47. The number of carbonyl (C=O) groups is 3. The highest BCUT2D eigenvalue weighted by molar-refractivity contribution is 8.01. The van der Waals surface area contributed by atoms with Crippen LogP contribution < -0.4 is 10.6 Å². The molecule has 2 fully saturated rings. The second kappa shape index (κ2) is 13.7. The highest BCUT2D eigenvalue weighted by atomic mass is 32.2. The average Bonchev–Trinajstić information content (AvgIpc) is 3.32. The van der Waals surface area contributed by atoms with E-state index >= 15 is 0 Å². The number of carboxylic acids is 1. The van der Waals surface area contributed by atoms with E-state index in [1.54, 1.807) is 0 Å². The van der Waals surface area contributed by atoms with Crippen molar-refractivity contribution in [1.29, 1.82) is 0 Å². The second-order valence-electron chi connectivity index (χ2n) is 8.50. The SMILES string of the molecule is CCCCCCC(=O)NCC(=O)NC[C@H]1[C@@H](C/C=C\CCCC(=O)O)[C@H]2CC[C@@H]1S2. The van der Waals surface area contributed by atoms with Crippen LogP contribution in [-0.2, 0) is 14.4 Å². The fourth-order valence-corrected chi connectivity index (χ4v) is 6.50. The topological polar surface area (TPSA) is 95.5 Å². The van der Waals surface area contributed by atoms with Crippen molar-refractivity contribution in [2.45, 2.75) is 88.1 Å². The Kier molecular flexibility index (Phi) is 11.3. The molecule has 30 heavy (non-hydrogen) atoms. The molecule has 2 aliphatic heterocycles. The van der Waals surface area contributed by atoms with E-state index in [0.29, 0.717) is 41.7 Å². The maximum absolute atomic E-state index is 12.2. The summed E-state index contributed by atoms with van der Waals surface area (Å²) in [4.78, 5) is 34.6. The number of fused-ring (bicyclic) bond motifs is 2. The summed E-state index contributed by atoms with van der Waals surface area (Å²) in [5, 5.41) is 15.8. The van der Waals surface area contributed by atoms with Gasteiger partial charge in [-0.1, -0.05) is 38.3 Å². The molecule has 0 saturated carbocycles. The van der Waals surface area contributed by atoms with Crippen LogP contribution in [0.3, 0.4) is 0 Å². The van der Waals surface area contributed by atoms with Gasteiger partial charge in [0.25, 0.3) is 0 Å². The first-order chi connectivity index (χ1) is 14.5. The van der Waals surface area contributed by atoms with Crippen molar-refractivity contribution in [3.8, 4) is 0 Å². The van der Waals surface area contributed by atoms with E-state index in [1.165, 1.54) is 12.8 Å². The fourth-order valence-electron chi connectivity index (χ4n) is 4.50. The first-order valence-electron chi connectivity index (χ1n) is 11.6. The number of allylic oxidation sites excluding steroid dienone is 2. The molecule has 0 aliphatic carbocycles. The standard InChI is InChI=1S/C23H38N2O4S/c1-2-3-4-8-11-21(26)25-16-22(27)24-15-18-17(19-13-14-20(18)30-19)10-7-5-6-9-12-23(28)29/h5,7,17-20H,2-4,6,8-16H2,1H3,(H,24,27)(H,25,26)(H,28,29)/b7-5-/t17-,18+,19-,20+/m1/s1. The summed E-state index contributed by atoms with van der Waals surface area (Å²) in [6.07, 6.45) is 14.2. The summed E-state index contributed by atoms with van der Waals surface area (Å²) in [7, 11) is 0. The highest BCUT2D eigenvalue weighted by Crippen LogP contribution is 2.54. The molecule has 0 unspecified atom stereocenters. The van der Waals surface area contributed by atoms with Crippen LogP contribution in [0.1, 0.15) is 77.6 Å². The average molecular weight is 439 g/mol. The monoisotopic (exact) mass is 438 g/mol. The fraction of sp³-hybridized carbons (Fsp3) is 0.783. The number of thioether (sulfide) groups is 1. The number of carboxylic acid groups (broad SMARTS) is 1. The number of hydrogen-bond donors (Lipinski definition) is 3. The maximum Gasteiger partial charge on any atom is 0.303 e. The predicted octanol–water partition coefficient (Wildman–Crippen LogP) is 3.90. The summed E-state index contributed by atoms with van der Waals surface area (Å²) in [5.41, 5.74) is 0. The molecule has 0 spiro atoms. The third kappa shape index (κ3) is 8.70. The number of unbranched alkanes of at least 4 members (excludes halogenated alkanes) is 4. The first-order valence-corrected chi connectivity index (χ1v) is 12.5. The van der Waals surface area contributed by atoms with Gasteiger partial charge in [0.15, 0.2) is 0 Å². The van der Waals surface area contributed by atoms with Gasteiger partial charge in [0, 0.05) is 29.9 Å². The van der Waals surface area contributed by atoms with Crippen molar-refractivity contribution in [3.63, 3.8) is 0 Å². The number of aliphatic carboxylic acids is 1. The van der Waals surface area contributed by atoms with Crippen molar-refractivity contribution in [1.82, 2.24) is 10.6 Å². The van der Waals surface area contributed by atoms with E-state index in [-0.39, 0.29) is 24.8 Å². The maximum atomic E-state index is 12.2. The Labute approximate surface area is 185 Å². The Morgan fingerprint density at radius 1 is 0.933 bits per heavy atom. The van der Waals surface area contributed by atoms with Gasteiger partial charge in [-0.3, -0.25) is 14.4 Å². The van der Waals surface area contributed by atoms with Crippen molar-refractivity contribution in [2.24, 2.45) is 11.8 Å². The van der Waals surface area contributed by atoms with Gasteiger partial charge in [0.2, 0.25) is 11.8 Å². The van der Waals surface area contributed by atoms with Crippen LogP contribution in [0.15, 0.2) is 12.2 Å². The number of rotatable bonds is 15. The van der Waals surface area contributed by atoms with Gasteiger partial charge in [-0.2, -0.15) is 11.8 Å². The molecule has 170 valence electrons. The number of hydrogen-bond acceptors (Lipinski definition) is 4. The molecule has 4 atom stereocenters. The molecule has 0 aromatic rings. The molecule has 2 saturated heterocycles. The lowest BCUT2D eigenvalue weighted by atomic mass is 9.77. The van der Waals surface area contributed by atoms with E-state index in [2.05, 4.69) is 41.5 Å². The van der Waals surface area contributed by atoms with Crippen molar-refractivity contribution in [2.75, 3.05) is 13.1 Å². The predicted molar refractivity (Wildman–Crippen MR) is 121 cm³/mol. The number of nitrogens with one attached hydrogen (secondary N) is 2. The minimum Gasteiger partial charge on any atom is -0.481 e. The second-order valence-corrected chi connectivity index (χ2v) is 9.99. The molecule has 6 nitrogen and oxygen atoms in total. The molecule has 0 radical (unpaired) electrons. The van der Waals surface area contributed by atoms with Gasteiger partial charge >= 0.3 is 5.97 Å². The summed E-state index contributed by atoms with van der Waals surface area (Å²) in [6, 6.07) is 0. The molecule has 2 rings (SSSR count). The zero-order chi connectivity index (χ0) is 21.8. The number of carbonyl (C=O) groups excluding carboxylic acids is 2. The van der Waals surface area contributed by atoms with E-state index < -0.39 is 5.97 Å². The van der Waals surface area contributed by atoms with Crippen LogP contribution >= 0.6 is 11.8 Å². The smallest absolute Gasteiger partial charge is 0.303 e. The lowest BCUT2D eigenvalue weighted by molar-refractivity contribution is -0.137. The molecule has 2 aliphatic rings. The minimum atomic E-state index is -0.739. The normalized spacial score (nSPS) is 25.0. The molecule has 0 aromatic carbocycles. The van der Waals surface area contributed by atoms with Crippen LogP contribution in [0.5, 0.6) is 0 Å². The summed E-state index contributed by atoms with van der Waals surface area (Å²) >= 11 is 2.07. The summed E-state index contributed by atoms with van der Waals surface area (Å²) < 4.78 is 0. The van der Waals surface area contributed by atoms with Crippen LogP contribution in [-0.4, -0.2) is 46.5 Å². The molecule has 7 heteroatoms. The van der Waals surface area contributed by atoms with Gasteiger partial charge in [-0.25, -0.2) is 0 Å². The molecular weight excluding hydrogens is 400 g/mol. The molecule has 0 aromatic heterocycles. The van der Waals surface area contributed by atoms with Gasteiger partial charge in [0.1, 0.15) is 0 Å². The third-order valence-corrected chi connectivity index (χ3v) is 8.03. The zero-order valence-corrected chi connectivity index (χ0v) is 19.1. The quantitative estimate of drug-likeness (QED) is 0.266. The van der Waals surface area contributed by atoms with Gasteiger partial charge in [0.05, 0.1) is 6.54 Å². The lowest BCUT2D eigenvalue weighted by Gasteiger charge is -2.29. The van der Waals surface area contributed by atoms with Gasteiger partial charge in [-0.05, 0) is 50.4 Å². The summed E-state index contributed by atoms with van der Waals surface area (Å²) in [6.45, 7) is 2.88. The molecule has 2 heterocycles. The summed E-state index contributed by atoms with van der Waals surface area (Å²) in [5.74, 6) is 0.163. The largest absolute Gasteiger partial charge is 0.481 e. The van der Waals surface area contributed by atoms with Crippen molar-refractivity contribution >= 4 is 29.5 Å². The van der Waals surface area contributed by atoms with Crippen LogP contribution in [0, 0.1) is 11.8 Å². The molecule has 2 bridgehead atoms. The number of amides is 2. The minimum absolute atomic E-state index is 0.0392. The Bertz CT molecular complexity index is 596. The Balaban J connectivity index is 1.66. The van der Waals surface area contributed by atoms with Crippen molar-refractivity contribution < 1.29 is 19.5 Å².